The number of carbonyl (C=O) groups is 1. The Morgan fingerprint density at radius 2 is 2.00 bits per heavy atom. The van der Waals surface area contributed by atoms with Gasteiger partial charge in [-0.1, -0.05) is 6.07 Å². The van der Waals surface area contributed by atoms with E-state index in [4.69, 9.17) is 9.47 Å². The third-order valence-electron chi connectivity index (χ3n) is 3.49. The molecule has 102 valence electrons. The number of hydrogen-bond acceptors (Lipinski definition) is 4. The average molecular weight is 262 g/mol. The molecule has 3 rings (SSSR count). The van der Waals surface area contributed by atoms with Gasteiger partial charge in [-0.05, 0) is 43.6 Å². The molecular weight excluding hydrogens is 244 g/mol. The van der Waals surface area contributed by atoms with Crippen molar-refractivity contribution in [2.75, 3.05) is 26.4 Å². The van der Waals surface area contributed by atoms with Crippen LogP contribution in [0.5, 0.6) is 11.5 Å². The lowest BCUT2D eigenvalue weighted by molar-refractivity contribution is -0.122. The number of rotatable bonds is 4. The Morgan fingerprint density at radius 1 is 1.21 bits per heavy atom. The molecule has 0 radical (unpaired) electrons. The van der Waals surface area contributed by atoms with Crippen LogP contribution in [0.25, 0.3) is 0 Å². The highest BCUT2D eigenvalue weighted by Gasteiger charge is 2.16. The predicted octanol–water partition coefficient (Wildman–Crippen LogP) is 1.13. The van der Waals surface area contributed by atoms with Gasteiger partial charge in [0.15, 0.2) is 11.5 Å². The third kappa shape index (κ3) is 2.98. The molecule has 5 heteroatoms. The molecule has 0 bridgehead atoms. The van der Waals surface area contributed by atoms with Gasteiger partial charge in [-0.25, -0.2) is 0 Å². The Morgan fingerprint density at radius 3 is 2.84 bits per heavy atom. The van der Waals surface area contributed by atoms with Crippen molar-refractivity contribution in [1.82, 2.24) is 10.2 Å². The first-order chi connectivity index (χ1) is 9.31. The van der Waals surface area contributed by atoms with Crippen molar-refractivity contribution in [3.63, 3.8) is 0 Å². The summed E-state index contributed by atoms with van der Waals surface area (Å²) >= 11 is 0. The van der Waals surface area contributed by atoms with Gasteiger partial charge in [0.1, 0.15) is 0 Å². The fraction of sp³-hybridized carbons (Fsp3) is 0.500. The Bertz CT molecular complexity index is 470. The second-order valence-corrected chi connectivity index (χ2v) is 4.95. The van der Waals surface area contributed by atoms with Crippen LogP contribution in [0.3, 0.4) is 0 Å². The molecular formula is C14H18N2O3. The number of hydrogen-bond donors (Lipinski definition) is 1. The van der Waals surface area contributed by atoms with Crippen LogP contribution in [-0.4, -0.2) is 37.2 Å². The second-order valence-electron chi connectivity index (χ2n) is 4.95. The summed E-state index contributed by atoms with van der Waals surface area (Å²) in [6, 6.07) is 5.74. The van der Waals surface area contributed by atoms with Gasteiger partial charge in [0.05, 0.1) is 6.54 Å². The number of amides is 1. The highest BCUT2D eigenvalue weighted by molar-refractivity contribution is 5.78. The first kappa shape index (κ1) is 12.3. The summed E-state index contributed by atoms with van der Waals surface area (Å²) in [5, 5.41) is 2.94. The molecule has 0 unspecified atom stereocenters. The summed E-state index contributed by atoms with van der Waals surface area (Å²) in [6.45, 7) is 3.39. The van der Waals surface area contributed by atoms with Gasteiger partial charge >= 0.3 is 0 Å². The van der Waals surface area contributed by atoms with E-state index in [0.717, 1.165) is 30.2 Å². The van der Waals surface area contributed by atoms with Gasteiger partial charge < -0.3 is 14.8 Å². The summed E-state index contributed by atoms with van der Waals surface area (Å²) in [5.41, 5.74) is 1.03. The molecule has 2 aliphatic heterocycles. The van der Waals surface area contributed by atoms with Crippen LogP contribution in [0.4, 0.5) is 0 Å². The highest BCUT2D eigenvalue weighted by atomic mass is 16.7. The minimum atomic E-state index is 0.0829. The maximum atomic E-state index is 11.8. The van der Waals surface area contributed by atoms with E-state index in [1.54, 1.807) is 0 Å². The van der Waals surface area contributed by atoms with Gasteiger partial charge in [0.25, 0.3) is 0 Å². The first-order valence-electron chi connectivity index (χ1n) is 6.69. The lowest BCUT2D eigenvalue weighted by Crippen LogP contribution is -2.35. The maximum absolute atomic E-state index is 11.8. The van der Waals surface area contributed by atoms with Crippen molar-refractivity contribution in [1.29, 1.82) is 0 Å². The summed E-state index contributed by atoms with van der Waals surface area (Å²) in [4.78, 5) is 14.0. The van der Waals surface area contributed by atoms with E-state index in [9.17, 15) is 4.79 Å². The van der Waals surface area contributed by atoms with Crippen molar-refractivity contribution in [3.8, 4) is 11.5 Å². The monoisotopic (exact) mass is 262 g/mol. The number of nitrogens with one attached hydrogen (secondary N) is 1. The van der Waals surface area contributed by atoms with Crippen molar-refractivity contribution < 1.29 is 14.3 Å². The standard InChI is InChI=1S/C14H18N2O3/c17-14(9-16-5-1-2-6-16)15-8-11-3-4-12-13(7-11)19-10-18-12/h3-4,7H,1-2,5-6,8-10H2,(H,15,17). The fourth-order valence-corrected chi connectivity index (χ4v) is 2.45. The zero-order valence-electron chi connectivity index (χ0n) is 10.9. The van der Waals surface area contributed by atoms with Gasteiger partial charge in [-0.15, -0.1) is 0 Å². The molecule has 0 saturated carbocycles. The molecule has 1 aromatic carbocycles. The van der Waals surface area contributed by atoms with Gasteiger partial charge in [-0.2, -0.15) is 0 Å². The molecule has 0 aromatic heterocycles. The predicted molar refractivity (Wildman–Crippen MR) is 70.1 cm³/mol. The summed E-state index contributed by atoms with van der Waals surface area (Å²) in [6.07, 6.45) is 2.41. The molecule has 1 aromatic rings. The smallest absolute Gasteiger partial charge is 0.234 e. The van der Waals surface area contributed by atoms with Crippen LogP contribution in [-0.2, 0) is 11.3 Å². The van der Waals surface area contributed by atoms with Gasteiger partial charge in [-0.3, -0.25) is 9.69 Å². The quantitative estimate of drug-likeness (QED) is 0.883. The van der Waals surface area contributed by atoms with Crippen LogP contribution >= 0.6 is 0 Å². The molecule has 0 atom stereocenters. The van der Waals surface area contributed by atoms with E-state index in [0.29, 0.717) is 13.1 Å². The molecule has 2 aliphatic rings. The Balaban J connectivity index is 1.50. The second kappa shape index (κ2) is 5.48. The third-order valence-corrected chi connectivity index (χ3v) is 3.49. The number of nitrogens with zero attached hydrogens (tertiary/aromatic N) is 1. The van der Waals surface area contributed by atoms with Gasteiger partial charge in [0, 0.05) is 6.54 Å². The zero-order valence-corrected chi connectivity index (χ0v) is 10.9. The first-order valence-corrected chi connectivity index (χ1v) is 6.69. The minimum Gasteiger partial charge on any atom is -0.454 e. The number of fused-ring (bicyclic) bond motifs is 1. The number of ether oxygens (including phenoxy) is 2. The molecule has 1 fully saturated rings. The molecule has 0 spiro atoms. The zero-order chi connectivity index (χ0) is 13.1. The average Bonchev–Trinajstić information content (AvgIpc) is 3.06. The largest absolute Gasteiger partial charge is 0.454 e. The van der Waals surface area contributed by atoms with Crippen LogP contribution in [0.1, 0.15) is 18.4 Å². The van der Waals surface area contributed by atoms with Crippen molar-refractivity contribution in [3.05, 3.63) is 23.8 Å². The molecule has 5 nitrogen and oxygen atoms in total. The summed E-state index contributed by atoms with van der Waals surface area (Å²) < 4.78 is 10.6. The Labute approximate surface area is 112 Å². The van der Waals surface area contributed by atoms with Crippen LogP contribution in [0.2, 0.25) is 0 Å². The Hall–Kier alpha value is -1.75. The molecule has 1 saturated heterocycles. The van der Waals surface area contributed by atoms with Gasteiger partial charge in [0.2, 0.25) is 12.7 Å². The van der Waals surface area contributed by atoms with Crippen LogP contribution in [0, 0.1) is 0 Å². The number of likely N-dealkylation sites (tertiary alicyclic amines) is 1. The molecule has 1 amide bonds. The summed E-state index contributed by atoms with van der Waals surface area (Å²) in [7, 11) is 0. The number of carbonyl (C=O) groups excluding carboxylic acids is 1. The molecule has 2 heterocycles. The normalized spacial score (nSPS) is 17.7. The highest BCUT2D eigenvalue weighted by Crippen LogP contribution is 2.32. The molecule has 0 aliphatic carbocycles. The lowest BCUT2D eigenvalue weighted by atomic mass is 10.2. The topological polar surface area (TPSA) is 50.8 Å². The van der Waals surface area contributed by atoms with E-state index >= 15 is 0 Å². The maximum Gasteiger partial charge on any atom is 0.234 e. The number of benzene rings is 1. The fourth-order valence-electron chi connectivity index (χ4n) is 2.45. The molecule has 1 N–H and O–H groups in total. The summed E-state index contributed by atoms with van der Waals surface area (Å²) in [5.74, 6) is 1.61. The molecule has 19 heavy (non-hydrogen) atoms. The van der Waals surface area contributed by atoms with E-state index in [1.807, 2.05) is 18.2 Å². The van der Waals surface area contributed by atoms with E-state index in [2.05, 4.69) is 10.2 Å². The van der Waals surface area contributed by atoms with Crippen LogP contribution < -0.4 is 14.8 Å². The van der Waals surface area contributed by atoms with Crippen LogP contribution in [0.15, 0.2) is 18.2 Å². The van der Waals surface area contributed by atoms with Crippen molar-refractivity contribution >= 4 is 5.91 Å². The Kier molecular flexibility index (Phi) is 3.55. The minimum absolute atomic E-state index is 0.0829. The van der Waals surface area contributed by atoms with E-state index < -0.39 is 0 Å². The van der Waals surface area contributed by atoms with E-state index in [-0.39, 0.29) is 12.7 Å². The van der Waals surface area contributed by atoms with Crippen molar-refractivity contribution in [2.24, 2.45) is 0 Å². The van der Waals surface area contributed by atoms with E-state index in [1.165, 1.54) is 12.8 Å². The SMILES string of the molecule is O=C(CN1CCCC1)NCc1ccc2c(c1)OCO2. The van der Waals surface area contributed by atoms with Crippen molar-refractivity contribution in [2.45, 2.75) is 19.4 Å². The lowest BCUT2D eigenvalue weighted by Gasteiger charge is -2.14.